The van der Waals surface area contributed by atoms with Crippen molar-refractivity contribution in [3.8, 4) is 0 Å². The largest absolute Gasteiger partial charge is 0.381 e. The van der Waals surface area contributed by atoms with Gasteiger partial charge in [0.15, 0.2) is 0 Å². The lowest BCUT2D eigenvalue weighted by Gasteiger charge is -2.30. The molecular formula is C14H26N2O2. The first-order chi connectivity index (χ1) is 8.79. The minimum Gasteiger partial charge on any atom is -0.381 e. The first kappa shape index (κ1) is 13.8. The molecule has 104 valence electrons. The fraction of sp³-hybridized carbons (Fsp3) is 0.929. The Bertz CT molecular complexity index is 265. The summed E-state index contributed by atoms with van der Waals surface area (Å²) < 4.78 is 5.33. The van der Waals surface area contributed by atoms with Crippen molar-refractivity contribution in [2.45, 2.75) is 45.1 Å². The van der Waals surface area contributed by atoms with Crippen molar-refractivity contribution < 1.29 is 9.53 Å². The van der Waals surface area contributed by atoms with Gasteiger partial charge in [0.1, 0.15) is 0 Å². The summed E-state index contributed by atoms with van der Waals surface area (Å²) in [5.41, 5.74) is 0. The van der Waals surface area contributed by atoms with Crippen LogP contribution in [0.15, 0.2) is 0 Å². The molecule has 18 heavy (non-hydrogen) atoms. The zero-order valence-electron chi connectivity index (χ0n) is 11.4. The number of piperidine rings is 1. The van der Waals surface area contributed by atoms with Gasteiger partial charge in [-0.25, -0.2) is 0 Å². The van der Waals surface area contributed by atoms with E-state index in [-0.39, 0.29) is 11.9 Å². The molecule has 0 spiro atoms. The van der Waals surface area contributed by atoms with Crippen molar-refractivity contribution in [1.82, 2.24) is 10.6 Å². The molecule has 2 saturated heterocycles. The molecule has 2 unspecified atom stereocenters. The lowest BCUT2D eigenvalue weighted by atomic mass is 9.90. The number of nitrogens with one attached hydrogen (secondary N) is 2. The van der Waals surface area contributed by atoms with E-state index < -0.39 is 0 Å². The van der Waals surface area contributed by atoms with E-state index in [1.54, 1.807) is 0 Å². The van der Waals surface area contributed by atoms with Crippen LogP contribution in [0.5, 0.6) is 0 Å². The second-order valence-electron chi connectivity index (χ2n) is 5.61. The summed E-state index contributed by atoms with van der Waals surface area (Å²) >= 11 is 0. The first-order valence-electron chi connectivity index (χ1n) is 7.38. The molecule has 2 aliphatic heterocycles. The van der Waals surface area contributed by atoms with Crippen molar-refractivity contribution in [2.75, 3.05) is 26.3 Å². The van der Waals surface area contributed by atoms with Crippen LogP contribution < -0.4 is 10.6 Å². The Morgan fingerprint density at radius 3 is 2.78 bits per heavy atom. The highest BCUT2D eigenvalue weighted by Crippen LogP contribution is 2.19. The fourth-order valence-corrected chi connectivity index (χ4v) is 2.89. The number of hydrogen-bond donors (Lipinski definition) is 2. The molecule has 2 atom stereocenters. The highest BCUT2D eigenvalue weighted by atomic mass is 16.5. The van der Waals surface area contributed by atoms with E-state index in [4.69, 9.17) is 4.74 Å². The Hall–Kier alpha value is -0.610. The third-order valence-corrected chi connectivity index (χ3v) is 4.31. The van der Waals surface area contributed by atoms with Gasteiger partial charge in [-0.05, 0) is 44.1 Å². The van der Waals surface area contributed by atoms with Crippen LogP contribution in [-0.4, -0.2) is 38.3 Å². The van der Waals surface area contributed by atoms with Gasteiger partial charge in [-0.15, -0.1) is 0 Å². The van der Waals surface area contributed by atoms with Gasteiger partial charge >= 0.3 is 0 Å². The fourth-order valence-electron chi connectivity index (χ4n) is 2.89. The van der Waals surface area contributed by atoms with Crippen LogP contribution in [0.1, 0.15) is 39.0 Å². The summed E-state index contributed by atoms with van der Waals surface area (Å²) in [5, 5.41) is 6.44. The zero-order valence-corrected chi connectivity index (χ0v) is 11.4. The van der Waals surface area contributed by atoms with Gasteiger partial charge in [-0.1, -0.05) is 13.3 Å². The van der Waals surface area contributed by atoms with Crippen LogP contribution in [0.25, 0.3) is 0 Å². The maximum atomic E-state index is 12.1. The smallest absolute Gasteiger partial charge is 0.237 e. The molecule has 0 aliphatic carbocycles. The highest BCUT2D eigenvalue weighted by molar-refractivity contribution is 5.81. The van der Waals surface area contributed by atoms with E-state index in [0.717, 1.165) is 45.6 Å². The van der Waals surface area contributed by atoms with Crippen molar-refractivity contribution in [3.05, 3.63) is 0 Å². The molecule has 0 aromatic heterocycles. The van der Waals surface area contributed by atoms with Gasteiger partial charge in [0.2, 0.25) is 5.91 Å². The summed E-state index contributed by atoms with van der Waals surface area (Å²) in [7, 11) is 0. The summed E-state index contributed by atoms with van der Waals surface area (Å²) in [5.74, 6) is 1.51. The monoisotopic (exact) mass is 254 g/mol. The highest BCUT2D eigenvalue weighted by Gasteiger charge is 2.26. The standard InChI is InChI=1S/C14H26N2O2/c1-2-11-3-6-15-13(9-11)14(17)16-10-12-4-7-18-8-5-12/h11-13,15H,2-10H2,1H3,(H,16,17). The number of ether oxygens (including phenoxy) is 1. The third-order valence-electron chi connectivity index (χ3n) is 4.31. The van der Waals surface area contributed by atoms with Crippen molar-refractivity contribution in [1.29, 1.82) is 0 Å². The van der Waals surface area contributed by atoms with Crippen LogP contribution in [-0.2, 0) is 9.53 Å². The number of carbonyl (C=O) groups excluding carboxylic acids is 1. The van der Waals surface area contributed by atoms with Crippen LogP contribution >= 0.6 is 0 Å². The van der Waals surface area contributed by atoms with E-state index in [1.165, 1.54) is 12.8 Å². The summed E-state index contributed by atoms with van der Waals surface area (Å²) in [6.45, 7) is 5.71. The molecular weight excluding hydrogens is 228 g/mol. The van der Waals surface area contributed by atoms with E-state index in [0.29, 0.717) is 11.8 Å². The average molecular weight is 254 g/mol. The maximum absolute atomic E-state index is 12.1. The van der Waals surface area contributed by atoms with Crippen LogP contribution in [0.2, 0.25) is 0 Å². The predicted octanol–water partition coefficient (Wildman–Crippen LogP) is 1.31. The van der Waals surface area contributed by atoms with Gasteiger partial charge in [0, 0.05) is 19.8 Å². The maximum Gasteiger partial charge on any atom is 0.237 e. The van der Waals surface area contributed by atoms with Crippen LogP contribution in [0, 0.1) is 11.8 Å². The second kappa shape index (κ2) is 7.10. The average Bonchev–Trinajstić information content (AvgIpc) is 2.46. The van der Waals surface area contributed by atoms with E-state index in [1.807, 2.05) is 0 Å². The molecule has 1 amide bonds. The number of amides is 1. The van der Waals surface area contributed by atoms with Gasteiger partial charge in [-0.3, -0.25) is 4.79 Å². The van der Waals surface area contributed by atoms with Crippen LogP contribution in [0.3, 0.4) is 0 Å². The minimum atomic E-state index is 0.0311. The van der Waals surface area contributed by atoms with E-state index in [9.17, 15) is 4.79 Å². The second-order valence-corrected chi connectivity index (χ2v) is 5.61. The molecule has 2 N–H and O–H groups in total. The molecule has 0 radical (unpaired) electrons. The number of carbonyl (C=O) groups is 1. The van der Waals surface area contributed by atoms with E-state index in [2.05, 4.69) is 17.6 Å². The summed E-state index contributed by atoms with van der Waals surface area (Å²) in [6, 6.07) is 0.0311. The Labute approximate surface area is 110 Å². The minimum absolute atomic E-state index is 0.0311. The topological polar surface area (TPSA) is 50.4 Å². The molecule has 2 aliphatic rings. The molecule has 0 saturated carbocycles. The number of hydrogen-bond acceptors (Lipinski definition) is 3. The van der Waals surface area contributed by atoms with Gasteiger partial charge in [0.25, 0.3) is 0 Å². The molecule has 2 fully saturated rings. The molecule has 0 aromatic carbocycles. The first-order valence-corrected chi connectivity index (χ1v) is 7.38. The SMILES string of the molecule is CCC1CCNC(C(=O)NCC2CCOCC2)C1. The molecule has 4 nitrogen and oxygen atoms in total. The Balaban J connectivity index is 1.70. The summed E-state index contributed by atoms with van der Waals surface area (Å²) in [6.07, 6.45) is 5.55. The van der Waals surface area contributed by atoms with Crippen LogP contribution in [0.4, 0.5) is 0 Å². The molecule has 4 heteroatoms. The lowest BCUT2D eigenvalue weighted by Crippen LogP contribution is -2.49. The van der Waals surface area contributed by atoms with Gasteiger partial charge < -0.3 is 15.4 Å². The lowest BCUT2D eigenvalue weighted by molar-refractivity contribution is -0.124. The Morgan fingerprint density at radius 1 is 1.28 bits per heavy atom. The van der Waals surface area contributed by atoms with Crippen molar-refractivity contribution >= 4 is 5.91 Å². The van der Waals surface area contributed by atoms with Crippen molar-refractivity contribution in [2.24, 2.45) is 11.8 Å². The predicted molar refractivity (Wildman–Crippen MR) is 71.4 cm³/mol. The van der Waals surface area contributed by atoms with Crippen molar-refractivity contribution in [3.63, 3.8) is 0 Å². The molecule has 2 rings (SSSR count). The summed E-state index contributed by atoms with van der Waals surface area (Å²) in [4.78, 5) is 12.1. The van der Waals surface area contributed by atoms with E-state index >= 15 is 0 Å². The number of rotatable bonds is 4. The third kappa shape index (κ3) is 3.95. The quantitative estimate of drug-likeness (QED) is 0.795. The molecule has 0 bridgehead atoms. The zero-order chi connectivity index (χ0) is 12.8. The van der Waals surface area contributed by atoms with Gasteiger partial charge in [-0.2, -0.15) is 0 Å². The van der Waals surface area contributed by atoms with Gasteiger partial charge in [0.05, 0.1) is 6.04 Å². The normalized spacial score (nSPS) is 30.1. The Morgan fingerprint density at radius 2 is 2.06 bits per heavy atom. The molecule has 0 aromatic rings. The Kier molecular flexibility index (Phi) is 5.45. The molecule has 2 heterocycles.